The van der Waals surface area contributed by atoms with Crippen molar-refractivity contribution in [1.82, 2.24) is 10.2 Å². The number of aliphatic imine (C=N–C) groups is 1. The molecule has 226 valence electrons. The Bertz CT molecular complexity index is 1660. The number of amides is 2. The van der Waals surface area contributed by atoms with Crippen LogP contribution < -0.4 is 10.7 Å². The van der Waals surface area contributed by atoms with Gasteiger partial charge in [-0.05, 0) is 48.6 Å². The highest BCUT2D eigenvalue weighted by atomic mass is 16.5. The highest BCUT2D eigenvalue weighted by Crippen LogP contribution is 2.33. The zero-order chi connectivity index (χ0) is 30.8. The van der Waals surface area contributed by atoms with Crippen LogP contribution in [0.4, 0.5) is 4.79 Å². The zero-order valence-corrected chi connectivity index (χ0v) is 24.8. The number of carbonyl (C=O) groups is 2. The molecule has 0 bridgehead atoms. The van der Waals surface area contributed by atoms with Crippen LogP contribution >= 0.6 is 0 Å². The van der Waals surface area contributed by atoms with E-state index in [0.29, 0.717) is 12.1 Å². The molecule has 3 unspecified atom stereocenters. The third-order valence-electron chi connectivity index (χ3n) is 8.29. The molecule has 2 aliphatic rings. The first-order valence-electron chi connectivity index (χ1n) is 14.6. The summed E-state index contributed by atoms with van der Waals surface area (Å²) in [6.07, 6.45) is 6.16. The standard InChI is InChI=1S/C33H37N3O7/c1-18(2)29(35-33(41)42-4)32(40)36-14-6-9-25(36)30-19(3)7-5-8-24(34-30)21-12-10-20(11-13-21)23-17-43-27-16-22(37)15-26(38)28(27)31(23)39/h8,10-13,15-19,25,29,37-38H,5-7,9,14H2,1-4H3,(H,35,41). The van der Waals surface area contributed by atoms with Crippen molar-refractivity contribution in [3.63, 3.8) is 0 Å². The van der Waals surface area contributed by atoms with Crippen molar-refractivity contribution < 1.29 is 29.0 Å². The minimum atomic E-state index is -0.697. The molecule has 1 saturated heterocycles. The molecular weight excluding hydrogens is 550 g/mol. The molecule has 3 heterocycles. The van der Waals surface area contributed by atoms with Crippen molar-refractivity contribution in [2.75, 3.05) is 13.7 Å². The van der Waals surface area contributed by atoms with E-state index in [1.807, 2.05) is 43.0 Å². The number of rotatable bonds is 6. The van der Waals surface area contributed by atoms with E-state index in [-0.39, 0.29) is 51.8 Å². The number of methoxy groups -OCH3 is 1. The Morgan fingerprint density at radius 2 is 1.84 bits per heavy atom. The first-order chi connectivity index (χ1) is 20.6. The molecule has 3 atom stereocenters. The van der Waals surface area contributed by atoms with E-state index >= 15 is 0 Å². The predicted molar refractivity (Wildman–Crippen MR) is 164 cm³/mol. The van der Waals surface area contributed by atoms with Gasteiger partial charge in [-0.1, -0.05) is 51.1 Å². The molecule has 0 saturated carbocycles. The van der Waals surface area contributed by atoms with Crippen LogP contribution in [0.1, 0.15) is 52.0 Å². The van der Waals surface area contributed by atoms with Gasteiger partial charge in [0.25, 0.3) is 0 Å². The van der Waals surface area contributed by atoms with E-state index in [9.17, 15) is 24.6 Å². The molecule has 0 aliphatic carbocycles. The molecule has 10 heteroatoms. The first-order valence-corrected chi connectivity index (χ1v) is 14.6. The van der Waals surface area contributed by atoms with E-state index in [2.05, 4.69) is 18.3 Å². The molecule has 1 fully saturated rings. The van der Waals surface area contributed by atoms with Crippen LogP contribution in [-0.2, 0) is 9.53 Å². The summed E-state index contributed by atoms with van der Waals surface area (Å²) in [4.78, 5) is 45.8. The number of aromatic hydroxyl groups is 2. The molecule has 0 radical (unpaired) electrons. The zero-order valence-electron chi connectivity index (χ0n) is 24.8. The number of ether oxygens (including phenoxy) is 1. The summed E-state index contributed by atoms with van der Waals surface area (Å²) >= 11 is 0. The van der Waals surface area contributed by atoms with Crippen LogP contribution in [0.5, 0.6) is 11.5 Å². The normalized spacial score (nSPS) is 19.5. The van der Waals surface area contributed by atoms with Crippen molar-refractivity contribution in [3.8, 4) is 22.6 Å². The summed E-state index contributed by atoms with van der Waals surface area (Å²) in [6.45, 7) is 6.53. The lowest BCUT2D eigenvalue weighted by atomic mass is 9.92. The van der Waals surface area contributed by atoms with Gasteiger partial charge in [0.05, 0.1) is 24.4 Å². The molecule has 43 heavy (non-hydrogen) atoms. The van der Waals surface area contributed by atoms with Crippen LogP contribution in [0.25, 0.3) is 27.8 Å². The second-order valence-electron chi connectivity index (χ2n) is 11.5. The topological polar surface area (TPSA) is 142 Å². The summed E-state index contributed by atoms with van der Waals surface area (Å²) in [5.74, 6) is -0.628. The number of benzene rings is 2. The van der Waals surface area contributed by atoms with Gasteiger partial charge >= 0.3 is 6.09 Å². The number of allylic oxidation sites excluding steroid dienone is 1. The summed E-state index contributed by atoms with van der Waals surface area (Å²) in [7, 11) is 1.28. The number of nitrogens with zero attached hydrogens (tertiary/aromatic N) is 2. The molecule has 3 aromatic rings. The van der Waals surface area contributed by atoms with Crippen LogP contribution in [-0.4, -0.2) is 58.6 Å². The molecule has 5 rings (SSSR count). The fourth-order valence-electron chi connectivity index (χ4n) is 5.95. The quantitative estimate of drug-likeness (QED) is 0.348. The second kappa shape index (κ2) is 12.3. The maximum Gasteiger partial charge on any atom is 0.407 e. The van der Waals surface area contributed by atoms with Gasteiger partial charge in [0, 0.05) is 24.4 Å². The first kappa shape index (κ1) is 29.9. The fraction of sp³-hybridized carbons (Fsp3) is 0.394. The van der Waals surface area contributed by atoms with Gasteiger partial charge in [-0.2, -0.15) is 0 Å². The van der Waals surface area contributed by atoms with Crippen LogP contribution in [0, 0.1) is 11.8 Å². The number of phenols is 2. The Balaban J connectivity index is 1.43. The third-order valence-corrected chi connectivity index (χ3v) is 8.29. The number of likely N-dealkylation sites (tertiary alicyclic amines) is 1. The monoisotopic (exact) mass is 587 g/mol. The Morgan fingerprint density at radius 3 is 2.53 bits per heavy atom. The number of hydrogen-bond donors (Lipinski definition) is 3. The molecular formula is C33H37N3O7. The minimum absolute atomic E-state index is 0.00578. The van der Waals surface area contributed by atoms with E-state index in [1.165, 1.54) is 19.4 Å². The lowest BCUT2D eigenvalue weighted by Crippen LogP contribution is -2.54. The van der Waals surface area contributed by atoms with Crippen LogP contribution in [0.3, 0.4) is 0 Å². The molecule has 0 spiro atoms. The van der Waals surface area contributed by atoms with E-state index in [4.69, 9.17) is 14.1 Å². The molecule has 10 nitrogen and oxygen atoms in total. The lowest BCUT2D eigenvalue weighted by Gasteiger charge is -2.33. The summed E-state index contributed by atoms with van der Waals surface area (Å²) in [5.41, 5.74) is 3.23. The smallest absolute Gasteiger partial charge is 0.407 e. The number of fused-ring (bicyclic) bond motifs is 1. The van der Waals surface area contributed by atoms with Gasteiger partial charge in [-0.25, -0.2) is 4.79 Å². The van der Waals surface area contributed by atoms with Crippen molar-refractivity contribution >= 4 is 34.4 Å². The van der Waals surface area contributed by atoms with Gasteiger partial charge in [0.2, 0.25) is 11.3 Å². The van der Waals surface area contributed by atoms with E-state index in [0.717, 1.165) is 48.7 Å². The maximum atomic E-state index is 13.7. The Kier molecular flexibility index (Phi) is 8.57. The Hall–Kier alpha value is -4.60. The fourth-order valence-corrected chi connectivity index (χ4v) is 5.95. The van der Waals surface area contributed by atoms with Gasteiger partial charge in [-0.15, -0.1) is 0 Å². The molecule has 3 N–H and O–H groups in total. The highest BCUT2D eigenvalue weighted by Gasteiger charge is 2.39. The average Bonchev–Trinajstić information content (AvgIpc) is 3.38. The van der Waals surface area contributed by atoms with Crippen LogP contribution in [0.2, 0.25) is 0 Å². The summed E-state index contributed by atoms with van der Waals surface area (Å²) in [6, 6.07) is 8.94. The van der Waals surface area contributed by atoms with Crippen molar-refractivity contribution in [3.05, 3.63) is 64.5 Å². The number of hydrogen-bond acceptors (Lipinski definition) is 8. The lowest BCUT2D eigenvalue weighted by molar-refractivity contribution is -0.134. The van der Waals surface area contributed by atoms with Crippen LogP contribution in [0.15, 0.2) is 62.9 Å². The van der Waals surface area contributed by atoms with Crippen molar-refractivity contribution in [2.24, 2.45) is 16.8 Å². The van der Waals surface area contributed by atoms with Gasteiger partial charge in [0.1, 0.15) is 34.8 Å². The van der Waals surface area contributed by atoms with Crippen molar-refractivity contribution in [2.45, 2.75) is 58.5 Å². The molecule has 1 aromatic heterocycles. The van der Waals surface area contributed by atoms with Gasteiger partial charge in [0.15, 0.2) is 0 Å². The van der Waals surface area contributed by atoms with Gasteiger partial charge in [-0.3, -0.25) is 14.6 Å². The van der Waals surface area contributed by atoms with Gasteiger partial charge < -0.3 is 29.6 Å². The Labute approximate surface area is 249 Å². The third kappa shape index (κ3) is 6.00. The number of nitrogens with one attached hydrogen (secondary N) is 1. The highest BCUT2D eigenvalue weighted by molar-refractivity contribution is 6.00. The van der Waals surface area contributed by atoms with Crippen molar-refractivity contribution in [1.29, 1.82) is 0 Å². The average molecular weight is 588 g/mol. The molecule has 2 aromatic carbocycles. The molecule has 2 amide bonds. The maximum absolute atomic E-state index is 13.7. The van der Waals surface area contributed by atoms with E-state index in [1.54, 1.807) is 0 Å². The summed E-state index contributed by atoms with van der Waals surface area (Å²) in [5, 5.41) is 22.7. The second-order valence-corrected chi connectivity index (χ2v) is 11.5. The predicted octanol–water partition coefficient (Wildman–Crippen LogP) is 5.45. The number of carbonyl (C=O) groups excluding carboxylic acids is 2. The molecule has 2 aliphatic heterocycles. The van der Waals surface area contributed by atoms with E-state index < -0.39 is 17.6 Å². The minimum Gasteiger partial charge on any atom is -0.508 e. The Morgan fingerprint density at radius 1 is 1.12 bits per heavy atom. The number of alkyl carbamates (subject to hydrolysis) is 1. The largest absolute Gasteiger partial charge is 0.508 e. The SMILES string of the molecule is COC(=O)NC(C(=O)N1CCCC1C1=NC(c2ccc(-c3coc4cc(O)cc(O)c4c3=O)cc2)=CCCC1C)C(C)C. The number of phenolic OH excluding ortho intramolecular Hbond substituents is 2. The summed E-state index contributed by atoms with van der Waals surface area (Å²) < 4.78 is 10.3.